The molecule has 0 aromatic heterocycles. The highest BCUT2D eigenvalue weighted by atomic mass is 32.2. The van der Waals surface area contributed by atoms with Gasteiger partial charge in [0.15, 0.2) is 18.2 Å². The fourth-order valence-corrected chi connectivity index (χ4v) is 9.20. The highest BCUT2D eigenvalue weighted by Gasteiger charge is 2.67. The lowest BCUT2D eigenvalue weighted by molar-refractivity contribution is -0.161. The summed E-state index contributed by atoms with van der Waals surface area (Å²) in [6.07, 6.45) is -0.608. The highest BCUT2D eigenvalue weighted by Crippen LogP contribution is 2.58. The van der Waals surface area contributed by atoms with Crippen molar-refractivity contribution >= 4 is 35.5 Å². The topological polar surface area (TPSA) is 120 Å². The molecular formula is C49H40N2O8S. The Labute approximate surface area is 351 Å². The number of methoxy groups -OCH3 is 1. The molecule has 2 aliphatic rings. The third-order valence-electron chi connectivity index (χ3n) is 10.4. The van der Waals surface area contributed by atoms with Gasteiger partial charge in [0.1, 0.15) is 29.2 Å². The third-order valence-corrected chi connectivity index (χ3v) is 12.0. The van der Waals surface area contributed by atoms with Crippen LogP contribution in [-0.2, 0) is 29.4 Å². The number of nitrogens with zero attached hydrogens (tertiary/aromatic N) is 1. The number of fused-ring (bicyclic) bond motifs is 1. The number of thioether (sulfide) groups is 1. The van der Waals surface area contributed by atoms with Gasteiger partial charge in [0, 0.05) is 5.57 Å². The normalized spacial score (nSPS) is 18.2. The van der Waals surface area contributed by atoms with E-state index in [2.05, 4.69) is 5.32 Å². The van der Waals surface area contributed by atoms with Gasteiger partial charge < -0.3 is 24.3 Å². The summed E-state index contributed by atoms with van der Waals surface area (Å²) < 4.78 is 23.5. The predicted octanol–water partition coefficient (Wildman–Crippen LogP) is 8.19. The van der Waals surface area contributed by atoms with Crippen molar-refractivity contribution in [3.63, 3.8) is 0 Å². The van der Waals surface area contributed by atoms with Crippen molar-refractivity contribution in [2.45, 2.75) is 22.3 Å². The van der Waals surface area contributed by atoms with Gasteiger partial charge >= 0.3 is 11.9 Å². The predicted molar refractivity (Wildman–Crippen MR) is 227 cm³/mol. The molecule has 60 heavy (non-hydrogen) atoms. The zero-order valence-electron chi connectivity index (χ0n) is 32.5. The summed E-state index contributed by atoms with van der Waals surface area (Å²) in [6, 6.07) is 53.2. The summed E-state index contributed by atoms with van der Waals surface area (Å²) in [5, 5.41) is 1.76. The molecule has 0 bridgehead atoms. The van der Waals surface area contributed by atoms with Crippen LogP contribution in [0.1, 0.15) is 44.0 Å². The molecule has 1 fully saturated rings. The Bertz CT molecular complexity index is 2450. The molecule has 2 amide bonds. The zero-order valence-corrected chi connectivity index (χ0v) is 33.3. The van der Waals surface area contributed by atoms with E-state index in [9.17, 15) is 19.2 Å². The van der Waals surface area contributed by atoms with E-state index in [1.165, 1.54) is 23.8 Å². The lowest BCUT2D eigenvalue weighted by Gasteiger charge is -2.58. The molecule has 2 aliphatic heterocycles. The van der Waals surface area contributed by atoms with Crippen molar-refractivity contribution in [3.05, 3.63) is 215 Å². The van der Waals surface area contributed by atoms with E-state index in [4.69, 9.17) is 18.9 Å². The van der Waals surface area contributed by atoms with E-state index in [-0.39, 0.29) is 18.9 Å². The number of hydrogen-bond acceptors (Lipinski definition) is 9. The largest absolute Gasteiger partial charge is 0.489 e. The fraction of sp³-hybridized carbons (Fsp3) is 0.143. The number of benzene rings is 6. The smallest absolute Gasteiger partial charge is 0.354 e. The Balaban J connectivity index is 1.08. The molecule has 6 aromatic rings. The van der Waals surface area contributed by atoms with Crippen molar-refractivity contribution < 1.29 is 38.1 Å². The molecule has 6 aromatic carbocycles. The average molecular weight is 817 g/mol. The summed E-state index contributed by atoms with van der Waals surface area (Å²) in [7, 11) is 1.26. The number of para-hydroxylation sites is 1. The summed E-state index contributed by atoms with van der Waals surface area (Å²) in [5.41, 5.74) is 2.42. The van der Waals surface area contributed by atoms with Crippen LogP contribution in [0.15, 0.2) is 187 Å². The number of hydrogen-bond donors (Lipinski definition) is 1. The number of rotatable bonds is 14. The van der Waals surface area contributed by atoms with Crippen LogP contribution in [0, 0.1) is 0 Å². The number of β-lactam (4-membered cyclic amide) rings is 1. The lowest BCUT2D eigenvalue weighted by Crippen LogP contribution is -2.78. The van der Waals surface area contributed by atoms with Gasteiger partial charge in [-0.3, -0.25) is 14.5 Å². The minimum absolute atomic E-state index is 0.0366. The minimum Gasteiger partial charge on any atom is -0.489 e. The van der Waals surface area contributed by atoms with Crippen LogP contribution >= 0.6 is 11.8 Å². The lowest BCUT2D eigenvalue weighted by atomic mass is 9.79. The molecule has 300 valence electrons. The van der Waals surface area contributed by atoms with E-state index in [0.29, 0.717) is 28.2 Å². The van der Waals surface area contributed by atoms with Crippen molar-refractivity contribution in [3.8, 4) is 11.5 Å². The van der Waals surface area contributed by atoms with Crippen LogP contribution < -0.4 is 14.8 Å². The van der Waals surface area contributed by atoms with Crippen LogP contribution in [0.2, 0.25) is 0 Å². The molecule has 2 heterocycles. The van der Waals surface area contributed by atoms with Crippen LogP contribution in [0.5, 0.6) is 11.5 Å². The standard InChI is InChI=1S/C49H40N2O8S/c1-56-46(54)42-40(31-57-39-29-27-36(28-30-39)45(53)59-43(33-17-7-2-8-18-33)34-19-9-3-10-20-34)44(35-21-11-4-12-22-35)60-48-49(47(55)51(42)48,37-23-13-5-14-24-37)50-41(52)32-58-38-25-15-6-16-26-38/h2-30,43-44,48H,31-32H2,1H3,(H,50,52)/t44?,48-,49?/m0/s1. The molecule has 10 nitrogen and oxygen atoms in total. The maximum Gasteiger partial charge on any atom is 0.354 e. The molecule has 0 saturated carbocycles. The van der Waals surface area contributed by atoms with E-state index < -0.39 is 46.0 Å². The van der Waals surface area contributed by atoms with Crippen molar-refractivity contribution in [1.29, 1.82) is 0 Å². The second-order valence-corrected chi connectivity index (χ2v) is 15.3. The molecule has 2 unspecified atom stereocenters. The van der Waals surface area contributed by atoms with E-state index in [1.807, 2.05) is 103 Å². The highest BCUT2D eigenvalue weighted by molar-refractivity contribution is 8.00. The number of esters is 2. The van der Waals surface area contributed by atoms with Crippen LogP contribution in [0.25, 0.3) is 0 Å². The Hall–Kier alpha value is -7.11. The Morgan fingerprint density at radius 1 is 0.667 bits per heavy atom. The first kappa shape index (κ1) is 39.7. The van der Waals surface area contributed by atoms with Gasteiger partial charge in [0.05, 0.1) is 17.9 Å². The summed E-state index contributed by atoms with van der Waals surface area (Å²) in [4.78, 5) is 57.1. The molecular weight excluding hydrogens is 777 g/mol. The average Bonchev–Trinajstić information content (AvgIpc) is 3.31. The number of nitrogens with one attached hydrogen (secondary N) is 1. The number of carbonyl (C=O) groups excluding carboxylic acids is 4. The molecule has 1 saturated heterocycles. The maximum absolute atomic E-state index is 14.7. The van der Waals surface area contributed by atoms with E-state index in [0.717, 1.165) is 16.7 Å². The molecule has 0 radical (unpaired) electrons. The van der Waals surface area contributed by atoms with Crippen molar-refractivity contribution in [1.82, 2.24) is 10.2 Å². The number of carbonyl (C=O) groups is 4. The van der Waals surface area contributed by atoms with Gasteiger partial charge in [-0.2, -0.15) is 0 Å². The number of ether oxygens (including phenoxy) is 4. The van der Waals surface area contributed by atoms with Crippen LogP contribution in [0.4, 0.5) is 0 Å². The van der Waals surface area contributed by atoms with Gasteiger partial charge in [-0.05, 0) is 58.7 Å². The Morgan fingerprint density at radius 3 is 1.78 bits per heavy atom. The van der Waals surface area contributed by atoms with E-state index in [1.54, 1.807) is 72.8 Å². The Morgan fingerprint density at radius 2 is 1.20 bits per heavy atom. The fourth-order valence-electron chi connectivity index (χ4n) is 7.46. The van der Waals surface area contributed by atoms with Gasteiger partial charge in [0.2, 0.25) is 0 Å². The second-order valence-electron chi connectivity index (χ2n) is 14.1. The monoisotopic (exact) mass is 816 g/mol. The first-order valence-electron chi connectivity index (χ1n) is 19.3. The maximum atomic E-state index is 14.7. The molecule has 1 N–H and O–H groups in total. The molecule has 3 atom stereocenters. The van der Waals surface area contributed by atoms with Crippen LogP contribution in [-0.4, -0.2) is 54.4 Å². The first-order chi connectivity index (χ1) is 29.4. The second kappa shape index (κ2) is 17.8. The number of amides is 2. The zero-order chi connectivity index (χ0) is 41.5. The first-order valence-corrected chi connectivity index (χ1v) is 20.2. The summed E-state index contributed by atoms with van der Waals surface area (Å²) in [5.74, 6) is -1.31. The molecule has 0 spiro atoms. The van der Waals surface area contributed by atoms with Crippen molar-refractivity contribution in [2.75, 3.05) is 20.3 Å². The molecule has 0 aliphatic carbocycles. The van der Waals surface area contributed by atoms with Gasteiger partial charge in [-0.15, -0.1) is 11.8 Å². The Kier molecular flexibility index (Phi) is 11.8. The quantitative estimate of drug-likeness (QED) is 0.0858. The third kappa shape index (κ3) is 7.99. The summed E-state index contributed by atoms with van der Waals surface area (Å²) >= 11 is 1.42. The van der Waals surface area contributed by atoms with Crippen LogP contribution in [0.3, 0.4) is 0 Å². The minimum atomic E-state index is -1.54. The van der Waals surface area contributed by atoms with Gasteiger partial charge in [-0.25, -0.2) is 9.59 Å². The summed E-state index contributed by atoms with van der Waals surface area (Å²) in [6.45, 7) is -0.432. The van der Waals surface area contributed by atoms with Gasteiger partial charge in [0.25, 0.3) is 11.8 Å². The molecule has 8 rings (SSSR count). The molecule has 11 heteroatoms. The SMILES string of the molecule is COC(=O)C1=C(COc2ccc(C(=O)OC(c3ccccc3)c3ccccc3)cc2)C(c2ccccc2)S[C@@H]2N1C(=O)C2(NC(=O)COc1ccccc1)c1ccccc1. The van der Waals surface area contributed by atoms with E-state index >= 15 is 0 Å². The van der Waals surface area contributed by atoms with Crippen molar-refractivity contribution in [2.24, 2.45) is 0 Å². The van der Waals surface area contributed by atoms with Gasteiger partial charge in [-0.1, -0.05) is 140 Å².